The molecule has 0 radical (unpaired) electrons. The lowest BCUT2D eigenvalue weighted by atomic mass is 10.2. The Morgan fingerprint density at radius 3 is 2.58 bits per heavy atom. The van der Waals surface area contributed by atoms with E-state index < -0.39 is 5.60 Å². The van der Waals surface area contributed by atoms with Gasteiger partial charge in [-0.3, -0.25) is 9.79 Å². The number of ether oxygens (including phenoxy) is 1. The Morgan fingerprint density at radius 1 is 1.47 bits per heavy atom. The summed E-state index contributed by atoms with van der Waals surface area (Å²) in [6.07, 6.45) is 3.87. The van der Waals surface area contributed by atoms with Crippen LogP contribution in [-0.2, 0) is 9.53 Å². The van der Waals surface area contributed by atoms with E-state index in [1.165, 1.54) is 0 Å². The second-order valence-electron chi connectivity index (χ2n) is 5.34. The van der Waals surface area contributed by atoms with Crippen molar-refractivity contribution in [3.63, 3.8) is 0 Å². The van der Waals surface area contributed by atoms with Crippen molar-refractivity contribution in [3.8, 4) is 0 Å². The van der Waals surface area contributed by atoms with E-state index in [2.05, 4.69) is 16.9 Å². The molecule has 0 saturated heterocycles. The van der Waals surface area contributed by atoms with E-state index in [1.54, 1.807) is 7.05 Å². The highest BCUT2D eigenvalue weighted by Gasteiger charge is 2.16. The van der Waals surface area contributed by atoms with E-state index in [0.717, 1.165) is 19.4 Å². The van der Waals surface area contributed by atoms with Crippen molar-refractivity contribution in [1.29, 1.82) is 0 Å². The molecule has 0 atom stereocenters. The summed E-state index contributed by atoms with van der Waals surface area (Å²) in [6, 6.07) is 0. The van der Waals surface area contributed by atoms with Crippen LogP contribution in [0.3, 0.4) is 0 Å². The molecule has 0 aliphatic carbocycles. The van der Waals surface area contributed by atoms with Gasteiger partial charge in [-0.15, -0.1) is 6.58 Å². The van der Waals surface area contributed by atoms with Crippen molar-refractivity contribution in [2.24, 2.45) is 4.99 Å². The topological polar surface area (TPSA) is 53.9 Å². The number of guanidine groups is 1. The highest BCUT2D eigenvalue weighted by Crippen LogP contribution is 2.06. The summed E-state index contributed by atoms with van der Waals surface area (Å²) in [5, 5.41) is 2.99. The van der Waals surface area contributed by atoms with Crippen molar-refractivity contribution in [2.75, 3.05) is 27.2 Å². The second kappa shape index (κ2) is 8.56. The molecule has 0 bridgehead atoms. The maximum atomic E-state index is 11.6. The molecule has 0 saturated carbocycles. The van der Waals surface area contributed by atoms with Crippen LogP contribution in [-0.4, -0.2) is 49.6 Å². The summed E-state index contributed by atoms with van der Waals surface area (Å²) >= 11 is 0. The zero-order valence-corrected chi connectivity index (χ0v) is 12.8. The fourth-order valence-corrected chi connectivity index (χ4v) is 1.49. The molecule has 0 aliphatic heterocycles. The average Bonchev–Trinajstić information content (AvgIpc) is 2.27. The van der Waals surface area contributed by atoms with Crippen LogP contribution in [0.5, 0.6) is 0 Å². The molecule has 5 nitrogen and oxygen atoms in total. The molecular weight excluding hydrogens is 242 g/mol. The number of hydrogen-bond acceptors (Lipinski definition) is 3. The number of carbonyl (C=O) groups excluding carboxylic acids is 1. The van der Waals surface area contributed by atoms with Gasteiger partial charge in [0.15, 0.2) is 5.96 Å². The summed E-state index contributed by atoms with van der Waals surface area (Å²) < 4.78 is 5.22. The predicted molar refractivity (Wildman–Crippen MR) is 79.3 cm³/mol. The zero-order chi connectivity index (χ0) is 14.9. The van der Waals surface area contributed by atoms with Gasteiger partial charge in [-0.1, -0.05) is 6.08 Å². The Kier molecular flexibility index (Phi) is 7.87. The largest absolute Gasteiger partial charge is 0.459 e. The number of aliphatic imine (C=N–C) groups is 1. The summed E-state index contributed by atoms with van der Waals surface area (Å²) in [4.78, 5) is 17.7. The smallest absolute Gasteiger partial charge is 0.325 e. The van der Waals surface area contributed by atoms with Gasteiger partial charge in [-0.2, -0.15) is 0 Å². The molecule has 1 N–H and O–H groups in total. The van der Waals surface area contributed by atoms with Crippen LogP contribution in [0.2, 0.25) is 0 Å². The van der Waals surface area contributed by atoms with Crippen molar-refractivity contribution >= 4 is 11.9 Å². The molecule has 110 valence electrons. The summed E-state index contributed by atoms with van der Waals surface area (Å²) in [5.74, 6) is 0.406. The first-order valence-corrected chi connectivity index (χ1v) is 6.54. The Bertz CT molecular complexity index is 319. The van der Waals surface area contributed by atoms with Gasteiger partial charge in [0.25, 0.3) is 0 Å². The maximum absolute atomic E-state index is 11.6. The molecule has 5 heteroatoms. The Hall–Kier alpha value is -1.52. The van der Waals surface area contributed by atoms with Gasteiger partial charge in [0.05, 0.1) is 0 Å². The third-order valence-electron chi connectivity index (χ3n) is 2.29. The van der Waals surface area contributed by atoms with Crippen LogP contribution in [0.4, 0.5) is 0 Å². The molecule has 19 heavy (non-hydrogen) atoms. The maximum Gasteiger partial charge on any atom is 0.325 e. The third kappa shape index (κ3) is 9.11. The van der Waals surface area contributed by atoms with Gasteiger partial charge in [0, 0.05) is 20.6 Å². The number of hydrogen-bond donors (Lipinski definition) is 1. The van der Waals surface area contributed by atoms with Crippen molar-refractivity contribution in [2.45, 2.75) is 39.2 Å². The number of allylic oxidation sites excluding steroid dienone is 1. The number of nitrogens with zero attached hydrogens (tertiary/aromatic N) is 2. The van der Waals surface area contributed by atoms with Crippen LogP contribution in [0.1, 0.15) is 33.6 Å². The fraction of sp³-hybridized carbons (Fsp3) is 0.714. The SMILES string of the molecule is C=CCCCN(C)C(=NC)NCC(=O)OC(C)(C)C. The number of carbonyl (C=O) groups is 1. The first-order chi connectivity index (χ1) is 8.80. The van der Waals surface area contributed by atoms with Crippen molar-refractivity contribution in [3.05, 3.63) is 12.7 Å². The summed E-state index contributed by atoms with van der Waals surface area (Å²) in [7, 11) is 3.63. The van der Waals surface area contributed by atoms with E-state index in [1.807, 2.05) is 38.8 Å². The van der Waals surface area contributed by atoms with Gasteiger partial charge < -0.3 is 15.0 Å². The Morgan fingerprint density at radius 2 is 2.11 bits per heavy atom. The third-order valence-corrected chi connectivity index (χ3v) is 2.29. The number of esters is 1. The van der Waals surface area contributed by atoms with Crippen LogP contribution in [0.15, 0.2) is 17.6 Å². The number of unbranched alkanes of at least 4 members (excludes halogenated alkanes) is 1. The molecule has 0 rings (SSSR count). The molecular formula is C14H27N3O2. The molecule has 0 spiro atoms. The first kappa shape index (κ1) is 17.5. The normalized spacial score (nSPS) is 11.9. The lowest BCUT2D eigenvalue weighted by Crippen LogP contribution is -2.43. The van der Waals surface area contributed by atoms with Gasteiger partial charge in [0.2, 0.25) is 0 Å². The van der Waals surface area contributed by atoms with E-state index in [4.69, 9.17) is 4.74 Å². The van der Waals surface area contributed by atoms with E-state index >= 15 is 0 Å². The Balaban J connectivity index is 4.13. The zero-order valence-electron chi connectivity index (χ0n) is 12.8. The minimum Gasteiger partial charge on any atom is -0.459 e. The summed E-state index contributed by atoms with van der Waals surface area (Å²) in [6.45, 7) is 10.2. The van der Waals surface area contributed by atoms with Gasteiger partial charge in [-0.05, 0) is 33.6 Å². The molecule has 0 aliphatic rings. The highest BCUT2D eigenvalue weighted by atomic mass is 16.6. The van der Waals surface area contributed by atoms with Gasteiger partial charge in [-0.25, -0.2) is 0 Å². The van der Waals surface area contributed by atoms with E-state index in [9.17, 15) is 4.79 Å². The molecule has 0 heterocycles. The molecule has 0 aromatic carbocycles. The minimum absolute atomic E-state index is 0.121. The Labute approximate surface area is 116 Å². The van der Waals surface area contributed by atoms with Crippen LogP contribution in [0, 0.1) is 0 Å². The average molecular weight is 269 g/mol. The highest BCUT2D eigenvalue weighted by molar-refractivity contribution is 5.84. The minimum atomic E-state index is -0.460. The first-order valence-electron chi connectivity index (χ1n) is 6.54. The predicted octanol–water partition coefficient (Wildman–Crippen LogP) is 1.80. The fourth-order valence-electron chi connectivity index (χ4n) is 1.49. The van der Waals surface area contributed by atoms with E-state index in [0.29, 0.717) is 5.96 Å². The number of rotatable bonds is 6. The molecule has 0 aromatic heterocycles. The number of nitrogens with one attached hydrogen (secondary N) is 1. The van der Waals surface area contributed by atoms with Crippen LogP contribution < -0.4 is 5.32 Å². The van der Waals surface area contributed by atoms with Gasteiger partial charge in [0.1, 0.15) is 12.1 Å². The lowest BCUT2D eigenvalue weighted by Gasteiger charge is -2.23. The standard InChI is InChI=1S/C14H27N3O2/c1-7-8-9-10-17(6)13(15-5)16-11-12(18)19-14(2,3)4/h7H,1,8-11H2,2-6H3,(H,15,16). The van der Waals surface area contributed by atoms with E-state index in [-0.39, 0.29) is 12.5 Å². The van der Waals surface area contributed by atoms with Gasteiger partial charge >= 0.3 is 5.97 Å². The summed E-state index contributed by atoms with van der Waals surface area (Å²) in [5.41, 5.74) is -0.460. The lowest BCUT2D eigenvalue weighted by molar-refractivity contribution is -0.153. The molecule has 0 amide bonds. The van der Waals surface area contributed by atoms with Crippen LogP contribution >= 0.6 is 0 Å². The molecule has 0 aromatic rings. The van der Waals surface area contributed by atoms with Crippen molar-refractivity contribution in [1.82, 2.24) is 10.2 Å². The van der Waals surface area contributed by atoms with Crippen molar-refractivity contribution < 1.29 is 9.53 Å². The molecule has 0 unspecified atom stereocenters. The van der Waals surface area contributed by atoms with Crippen LogP contribution in [0.25, 0.3) is 0 Å². The quantitative estimate of drug-likeness (QED) is 0.263. The second-order valence-corrected chi connectivity index (χ2v) is 5.34. The monoisotopic (exact) mass is 269 g/mol. The molecule has 0 fully saturated rings.